The van der Waals surface area contributed by atoms with E-state index in [4.69, 9.17) is 0 Å². The van der Waals surface area contributed by atoms with Gasteiger partial charge in [-0.15, -0.1) is 0 Å². The van der Waals surface area contributed by atoms with Gasteiger partial charge in [-0.3, -0.25) is 25.2 Å². The lowest BCUT2D eigenvalue weighted by atomic mass is 10.1. The first-order valence-corrected chi connectivity index (χ1v) is 9.35. The average Bonchev–Trinajstić information content (AvgIpc) is 2.77. The van der Waals surface area contributed by atoms with Crippen molar-refractivity contribution in [2.24, 2.45) is 0 Å². The van der Waals surface area contributed by atoms with E-state index in [1.807, 2.05) is 0 Å². The van der Waals surface area contributed by atoms with Crippen molar-refractivity contribution in [2.45, 2.75) is 13.0 Å². The van der Waals surface area contributed by atoms with Gasteiger partial charge in [0.15, 0.2) is 5.43 Å². The molecule has 0 bridgehead atoms. The number of aromatic nitrogens is 1. The second kappa shape index (κ2) is 8.16. The number of amides is 2. The summed E-state index contributed by atoms with van der Waals surface area (Å²) in [5, 5.41) is 1.04. The highest BCUT2D eigenvalue weighted by atomic mass is 19.1. The van der Waals surface area contributed by atoms with Gasteiger partial charge in [0.1, 0.15) is 12.4 Å². The van der Waals surface area contributed by atoms with Crippen LogP contribution in [0.15, 0.2) is 77.6 Å². The standard InChI is InChI=1S/C23H18FN3O3/c24-16-11-9-15(10-12-16)13-21(28)25-26-22(29)14-27-19-7-3-1-5-17(19)23(30)18-6-2-4-8-20(18)27/h1-12H,13-14H2,(H,25,28)(H,26,29). The molecule has 0 fully saturated rings. The van der Waals surface area contributed by atoms with E-state index in [0.29, 0.717) is 27.4 Å². The van der Waals surface area contributed by atoms with Gasteiger partial charge in [0.2, 0.25) is 5.91 Å². The maximum atomic E-state index is 13.0. The second-order valence-corrected chi connectivity index (χ2v) is 6.85. The number of pyridine rings is 1. The molecule has 2 N–H and O–H groups in total. The predicted octanol–water partition coefficient (Wildman–Crippen LogP) is 2.68. The number of hydrazine groups is 1. The van der Waals surface area contributed by atoms with E-state index in [1.54, 1.807) is 53.1 Å². The number of rotatable bonds is 4. The molecule has 150 valence electrons. The van der Waals surface area contributed by atoms with Crippen molar-refractivity contribution in [3.05, 3.63) is 94.4 Å². The number of para-hydroxylation sites is 2. The maximum Gasteiger partial charge on any atom is 0.258 e. The largest absolute Gasteiger partial charge is 0.331 e. The van der Waals surface area contributed by atoms with Crippen molar-refractivity contribution >= 4 is 33.6 Å². The molecule has 2 amide bonds. The Kier molecular flexibility index (Phi) is 5.26. The van der Waals surface area contributed by atoms with Crippen LogP contribution >= 0.6 is 0 Å². The minimum atomic E-state index is -0.443. The summed E-state index contributed by atoms with van der Waals surface area (Å²) in [6.07, 6.45) is 0.00441. The van der Waals surface area contributed by atoms with Gasteiger partial charge in [0.25, 0.3) is 5.91 Å². The molecule has 4 rings (SSSR count). The molecule has 1 aromatic heterocycles. The average molecular weight is 403 g/mol. The van der Waals surface area contributed by atoms with Crippen molar-refractivity contribution < 1.29 is 14.0 Å². The van der Waals surface area contributed by atoms with Gasteiger partial charge in [-0.25, -0.2) is 4.39 Å². The number of fused-ring (bicyclic) bond motifs is 2. The van der Waals surface area contributed by atoms with Crippen LogP contribution in [0.1, 0.15) is 5.56 Å². The van der Waals surface area contributed by atoms with Crippen LogP contribution in [0.4, 0.5) is 4.39 Å². The molecule has 0 aliphatic rings. The number of carbonyl (C=O) groups excluding carboxylic acids is 2. The highest BCUT2D eigenvalue weighted by molar-refractivity contribution is 5.95. The summed E-state index contributed by atoms with van der Waals surface area (Å²) in [7, 11) is 0. The summed E-state index contributed by atoms with van der Waals surface area (Å²) >= 11 is 0. The van der Waals surface area contributed by atoms with Crippen molar-refractivity contribution in [3.8, 4) is 0 Å². The summed E-state index contributed by atoms with van der Waals surface area (Å²) in [6.45, 7) is -0.0852. The molecular formula is C23H18FN3O3. The summed E-state index contributed by atoms with van der Waals surface area (Å²) in [6, 6.07) is 19.7. The zero-order chi connectivity index (χ0) is 21.1. The number of carbonyl (C=O) groups is 2. The maximum absolute atomic E-state index is 13.0. The minimum Gasteiger partial charge on any atom is -0.331 e. The van der Waals surface area contributed by atoms with Crippen LogP contribution in [0.2, 0.25) is 0 Å². The van der Waals surface area contributed by atoms with Crippen LogP contribution in [-0.2, 0) is 22.6 Å². The molecule has 7 heteroatoms. The van der Waals surface area contributed by atoms with Gasteiger partial charge >= 0.3 is 0 Å². The Morgan fingerprint density at radius 3 is 1.90 bits per heavy atom. The van der Waals surface area contributed by atoms with Crippen LogP contribution < -0.4 is 16.3 Å². The van der Waals surface area contributed by atoms with Gasteiger partial charge in [0.05, 0.1) is 17.5 Å². The number of hydrogen-bond acceptors (Lipinski definition) is 3. The molecular weight excluding hydrogens is 385 g/mol. The second-order valence-electron chi connectivity index (χ2n) is 6.85. The molecule has 0 saturated heterocycles. The van der Waals surface area contributed by atoms with Gasteiger partial charge in [0, 0.05) is 10.8 Å². The summed E-state index contributed by atoms with van der Waals surface area (Å²) < 4.78 is 14.7. The molecule has 0 aliphatic carbocycles. The van der Waals surface area contributed by atoms with Crippen LogP contribution in [0.3, 0.4) is 0 Å². The molecule has 3 aromatic carbocycles. The third kappa shape index (κ3) is 3.91. The number of nitrogens with one attached hydrogen (secondary N) is 2. The monoisotopic (exact) mass is 403 g/mol. The first-order valence-electron chi connectivity index (χ1n) is 9.35. The van der Waals surface area contributed by atoms with E-state index in [1.165, 1.54) is 24.3 Å². The predicted molar refractivity (Wildman–Crippen MR) is 112 cm³/mol. The van der Waals surface area contributed by atoms with E-state index in [0.717, 1.165) is 0 Å². The van der Waals surface area contributed by atoms with E-state index in [-0.39, 0.29) is 24.2 Å². The quantitative estimate of drug-likeness (QED) is 0.406. The van der Waals surface area contributed by atoms with Gasteiger partial charge in [-0.05, 0) is 42.0 Å². The number of benzene rings is 3. The molecule has 1 heterocycles. The Labute approximate surface area is 170 Å². The first kappa shape index (κ1) is 19.3. The highest BCUT2D eigenvalue weighted by Crippen LogP contribution is 2.18. The van der Waals surface area contributed by atoms with E-state index in [2.05, 4.69) is 10.9 Å². The van der Waals surface area contributed by atoms with Crippen molar-refractivity contribution in [2.75, 3.05) is 0 Å². The van der Waals surface area contributed by atoms with E-state index >= 15 is 0 Å². The lowest BCUT2D eigenvalue weighted by Crippen LogP contribution is -2.44. The third-order valence-electron chi connectivity index (χ3n) is 4.80. The van der Waals surface area contributed by atoms with Crippen molar-refractivity contribution in [3.63, 3.8) is 0 Å². The summed E-state index contributed by atoms with van der Waals surface area (Å²) in [5.74, 6) is -1.25. The topological polar surface area (TPSA) is 80.2 Å². The van der Waals surface area contributed by atoms with Gasteiger partial charge < -0.3 is 4.57 Å². The molecule has 6 nitrogen and oxygen atoms in total. The van der Waals surface area contributed by atoms with E-state index in [9.17, 15) is 18.8 Å². The molecule has 0 spiro atoms. The Morgan fingerprint density at radius 1 is 0.767 bits per heavy atom. The first-order chi connectivity index (χ1) is 14.5. The van der Waals surface area contributed by atoms with Gasteiger partial charge in [-0.1, -0.05) is 36.4 Å². The molecule has 0 radical (unpaired) electrons. The van der Waals surface area contributed by atoms with Crippen LogP contribution in [0, 0.1) is 5.82 Å². The normalized spacial score (nSPS) is 10.8. The molecule has 0 aliphatic heterocycles. The Balaban J connectivity index is 1.53. The molecule has 0 unspecified atom stereocenters. The fourth-order valence-electron chi connectivity index (χ4n) is 3.40. The van der Waals surface area contributed by atoms with Crippen LogP contribution in [0.5, 0.6) is 0 Å². The Morgan fingerprint density at radius 2 is 1.30 bits per heavy atom. The Hall–Kier alpha value is -4.00. The minimum absolute atomic E-state index is 0.00441. The number of hydrogen-bond donors (Lipinski definition) is 2. The fraction of sp³-hybridized carbons (Fsp3) is 0.0870. The summed E-state index contributed by atoms with van der Waals surface area (Å²) in [4.78, 5) is 37.3. The van der Waals surface area contributed by atoms with Gasteiger partial charge in [-0.2, -0.15) is 0 Å². The number of halogens is 1. The van der Waals surface area contributed by atoms with Crippen LogP contribution in [-0.4, -0.2) is 16.4 Å². The van der Waals surface area contributed by atoms with Crippen molar-refractivity contribution in [1.29, 1.82) is 0 Å². The zero-order valence-corrected chi connectivity index (χ0v) is 15.9. The molecule has 0 saturated carbocycles. The fourth-order valence-corrected chi connectivity index (χ4v) is 3.40. The molecule has 0 atom stereocenters. The highest BCUT2D eigenvalue weighted by Gasteiger charge is 2.13. The lowest BCUT2D eigenvalue weighted by molar-refractivity contribution is -0.128. The molecule has 30 heavy (non-hydrogen) atoms. The smallest absolute Gasteiger partial charge is 0.258 e. The SMILES string of the molecule is O=C(Cc1ccc(F)cc1)NNC(=O)Cn1c2ccccc2c(=O)c2ccccc21. The molecule has 4 aromatic rings. The van der Waals surface area contributed by atoms with Crippen LogP contribution in [0.25, 0.3) is 21.8 Å². The third-order valence-corrected chi connectivity index (χ3v) is 4.80. The zero-order valence-electron chi connectivity index (χ0n) is 15.9. The summed E-state index contributed by atoms with van der Waals surface area (Å²) in [5.41, 5.74) is 6.56. The Bertz CT molecular complexity index is 1250. The lowest BCUT2D eigenvalue weighted by Gasteiger charge is -2.15. The number of nitrogens with zero attached hydrogens (tertiary/aromatic N) is 1. The van der Waals surface area contributed by atoms with E-state index < -0.39 is 11.8 Å². The van der Waals surface area contributed by atoms with Crippen molar-refractivity contribution in [1.82, 2.24) is 15.4 Å².